The highest BCUT2D eigenvalue weighted by Crippen LogP contribution is 2.15. The van der Waals surface area contributed by atoms with E-state index in [-0.39, 0.29) is 17.0 Å². The van der Waals surface area contributed by atoms with Gasteiger partial charge in [0.2, 0.25) is 10.0 Å². The molecule has 0 bridgehead atoms. The van der Waals surface area contributed by atoms with Crippen LogP contribution in [-0.2, 0) is 14.8 Å². The molecule has 0 aliphatic rings. The van der Waals surface area contributed by atoms with E-state index in [0.717, 1.165) is 0 Å². The van der Waals surface area contributed by atoms with Gasteiger partial charge in [0.1, 0.15) is 0 Å². The molecule has 2 N–H and O–H groups in total. The van der Waals surface area contributed by atoms with Gasteiger partial charge in [0.25, 0.3) is 5.91 Å². The van der Waals surface area contributed by atoms with Gasteiger partial charge in [-0.15, -0.1) is 6.58 Å². The monoisotopic (exact) mass is 374 g/mol. The standard InChI is InChI=1S/C18H18N2O5S/c1-3-11-19-26(23,24)16-9-7-13(8-10-16)17(21)20-15-6-4-5-14(12-15)18(22)25-2/h3-10,12,19H,1,11H2,2H3,(H,20,21). The number of carbonyl (C=O) groups excluding carboxylic acids is 2. The van der Waals surface area contributed by atoms with Gasteiger partial charge >= 0.3 is 5.97 Å². The van der Waals surface area contributed by atoms with Gasteiger partial charge < -0.3 is 10.1 Å². The van der Waals surface area contributed by atoms with Gasteiger partial charge in [-0.3, -0.25) is 4.79 Å². The second kappa shape index (κ2) is 8.41. The molecule has 0 fully saturated rings. The lowest BCUT2D eigenvalue weighted by atomic mass is 10.1. The molecule has 0 aromatic heterocycles. The average molecular weight is 374 g/mol. The third kappa shape index (κ3) is 4.78. The fourth-order valence-electron chi connectivity index (χ4n) is 2.08. The van der Waals surface area contributed by atoms with Crippen molar-refractivity contribution < 1.29 is 22.7 Å². The van der Waals surface area contributed by atoms with Crippen LogP contribution in [-0.4, -0.2) is 33.9 Å². The largest absolute Gasteiger partial charge is 0.465 e. The maximum Gasteiger partial charge on any atom is 0.337 e. The molecule has 0 spiro atoms. The number of esters is 1. The molecule has 0 saturated carbocycles. The van der Waals surface area contributed by atoms with Crippen LogP contribution in [0.1, 0.15) is 20.7 Å². The van der Waals surface area contributed by atoms with Gasteiger partial charge in [0.15, 0.2) is 0 Å². The predicted octanol–water partition coefficient (Wildman–Crippen LogP) is 2.19. The van der Waals surface area contributed by atoms with Crippen molar-refractivity contribution in [3.8, 4) is 0 Å². The van der Waals surface area contributed by atoms with E-state index in [1.54, 1.807) is 18.2 Å². The molecular weight excluding hydrogens is 356 g/mol. The summed E-state index contributed by atoms with van der Waals surface area (Å²) in [6.45, 7) is 3.56. The first kappa shape index (κ1) is 19.4. The second-order valence-electron chi connectivity index (χ2n) is 5.19. The van der Waals surface area contributed by atoms with Crippen LogP contribution in [0.3, 0.4) is 0 Å². The minimum atomic E-state index is -3.65. The number of benzene rings is 2. The first-order chi connectivity index (χ1) is 12.4. The van der Waals surface area contributed by atoms with Gasteiger partial charge in [-0.2, -0.15) is 0 Å². The SMILES string of the molecule is C=CCNS(=O)(=O)c1ccc(C(=O)Nc2cccc(C(=O)OC)c2)cc1. The molecule has 8 heteroatoms. The van der Waals surface area contributed by atoms with Gasteiger partial charge in [-0.1, -0.05) is 12.1 Å². The first-order valence-corrected chi connectivity index (χ1v) is 9.06. The van der Waals surface area contributed by atoms with Crippen LogP contribution >= 0.6 is 0 Å². The van der Waals surface area contributed by atoms with Crippen LogP contribution in [0.5, 0.6) is 0 Å². The summed E-state index contributed by atoms with van der Waals surface area (Å²) in [6.07, 6.45) is 1.43. The summed E-state index contributed by atoms with van der Waals surface area (Å²) in [5, 5.41) is 2.65. The number of anilines is 1. The molecule has 2 aromatic carbocycles. The van der Waals surface area contributed by atoms with E-state index in [9.17, 15) is 18.0 Å². The zero-order chi connectivity index (χ0) is 19.2. The fraction of sp³-hybridized carbons (Fsp3) is 0.111. The Bertz CT molecular complexity index is 921. The summed E-state index contributed by atoms with van der Waals surface area (Å²) >= 11 is 0. The van der Waals surface area contributed by atoms with Crippen LogP contribution in [0.25, 0.3) is 0 Å². The van der Waals surface area contributed by atoms with E-state index in [1.807, 2.05) is 0 Å². The van der Waals surface area contributed by atoms with Crippen molar-refractivity contribution in [1.82, 2.24) is 4.72 Å². The van der Waals surface area contributed by atoms with E-state index < -0.39 is 21.9 Å². The predicted molar refractivity (Wildman–Crippen MR) is 97.6 cm³/mol. The molecule has 0 radical (unpaired) electrons. The number of hydrogen-bond donors (Lipinski definition) is 2. The van der Waals surface area contributed by atoms with E-state index >= 15 is 0 Å². The summed E-state index contributed by atoms with van der Waals surface area (Å²) in [6, 6.07) is 11.8. The molecule has 26 heavy (non-hydrogen) atoms. The molecule has 0 atom stereocenters. The van der Waals surface area contributed by atoms with Crippen molar-refractivity contribution in [1.29, 1.82) is 0 Å². The highest BCUT2D eigenvalue weighted by Gasteiger charge is 2.14. The Kier molecular flexibility index (Phi) is 6.26. The Labute approximate surface area is 151 Å². The fourth-order valence-corrected chi connectivity index (χ4v) is 3.08. The molecule has 0 aliphatic carbocycles. The number of hydrogen-bond acceptors (Lipinski definition) is 5. The Balaban J connectivity index is 2.13. The normalized spacial score (nSPS) is 10.8. The molecule has 2 aromatic rings. The van der Waals surface area contributed by atoms with Gasteiger partial charge in [-0.25, -0.2) is 17.9 Å². The third-order valence-corrected chi connectivity index (χ3v) is 4.83. The van der Waals surface area contributed by atoms with Crippen LogP contribution in [0.15, 0.2) is 66.1 Å². The highest BCUT2D eigenvalue weighted by molar-refractivity contribution is 7.89. The number of nitrogens with one attached hydrogen (secondary N) is 2. The van der Waals surface area contributed by atoms with Crippen LogP contribution in [0.2, 0.25) is 0 Å². The summed E-state index contributed by atoms with van der Waals surface area (Å²) < 4.78 is 31.0. The summed E-state index contributed by atoms with van der Waals surface area (Å²) in [7, 11) is -2.38. The highest BCUT2D eigenvalue weighted by atomic mass is 32.2. The quantitative estimate of drug-likeness (QED) is 0.571. The Morgan fingerprint density at radius 2 is 1.81 bits per heavy atom. The number of carbonyl (C=O) groups is 2. The third-order valence-electron chi connectivity index (χ3n) is 3.39. The minimum absolute atomic E-state index is 0.0450. The molecular formula is C18H18N2O5S. The zero-order valence-electron chi connectivity index (χ0n) is 14.1. The molecule has 0 heterocycles. The van der Waals surface area contributed by atoms with E-state index in [1.165, 1.54) is 43.5 Å². The molecule has 7 nitrogen and oxygen atoms in total. The first-order valence-electron chi connectivity index (χ1n) is 7.57. The number of amides is 1. The lowest BCUT2D eigenvalue weighted by molar-refractivity contribution is 0.0600. The number of ether oxygens (including phenoxy) is 1. The molecule has 0 unspecified atom stereocenters. The average Bonchev–Trinajstić information content (AvgIpc) is 2.66. The molecule has 1 amide bonds. The zero-order valence-corrected chi connectivity index (χ0v) is 14.9. The van der Waals surface area contributed by atoms with E-state index in [2.05, 4.69) is 21.4 Å². The van der Waals surface area contributed by atoms with Crippen molar-refractivity contribution in [2.45, 2.75) is 4.90 Å². The van der Waals surface area contributed by atoms with Gasteiger partial charge in [-0.05, 0) is 42.5 Å². The second-order valence-corrected chi connectivity index (χ2v) is 6.96. The van der Waals surface area contributed by atoms with Crippen LogP contribution in [0.4, 0.5) is 5.69 Å². The van der Waals surface area contributed by atoms with E-state index in [0.29, 0.717) is 11.3 Å². The smallest absolute Gasteiger partial charge is 0.337 e. The maximum atomic E-state index is 12.3. The van der Waals surface area contributed by atoms with Crippen molar-refractivity contribution in [2.24, 2.45) is 0 Å². The summed E-state index contributed by atoms with van der Waals surface area (Å²) in [4.78, 5) is 23.9. The molecule has 0 aliphatic heterocycles. The lowest BCUT2D eigenvalue weighted by Crippen LogP contribution is -2.23. The van der Waals surface area contributed by atoms with Crippen molar-refractivity contribution in [3.05, 3.63) is 72.3 Å². The number of methoxy groups -OCH3 is 1. The van der Waals surface area contributed by atoms with Gasteiger partial charge in [0.05, 0.1) is 17.6 Å². The molecule has 0 saturated heterocycles. The van der Waals surface area contributed by atoms with Crippen LogP contribution < -0.4 is 10.0 Å². The minimum Gasteiger partial charge on any atom is -0.465 e. The lowest BCUT2D eigenvalue weighted by Gasteiger charge is -2.08. The van der Waals surface area contributed by atoms with Crippen molar-refractivity contribution >= 4 is 27.6 Å². The van der Waals surface area contributed by atoms with E-state index in [4.69, 9.17) is 0 Å². The molecule has 136 valence electrons. The Morgan fingerprint density at radius 1 is 1.12 bits per heavy atom. The summed E-state index contributed by atoms with van der Waals surface area (Å²) in [5.41, 5.74) is 0.999. The maximum absolute atomic E-state index is 12.3. The number of sulfonamides is 1. The Morgan fingerprint density at radius 3 is 2.42 bits per heavy atom. The van der Waals surface area contributed by atoms with Crippen molar-refractivity contribution in [3.63, 3.8) is 0 Å². The van der Waals surface area contributed by atoms with Gasteiger partial charge in [0, 0.05) is 17.8 Å². The topological polar surface area (TPSA) is 102 Å². The molecule has 2 rings (SSSR count). The van der Waals surface area contributed by atoms with Crippen LogP contribution in [0, 0.1) is 0 Å². The Hall–Kier alpha value is -2.97. The van der Waals surface area contributed by atoms with Crippen molar-refractivity contribution in [2.75, 3.05) is 19.0 Å². The number of rotatable bonds is 7. The summed E-state index contributed by atoms with van der Waals surface area (Å²) in [5.74, 6) is -0.947.